The average Bonchev–Trinajstić information content (AvgIpc) is 3.90. The van der Waals surface area contributed by atoms with Gasteiger partial charge < -0.3 is 10.0 Å². The number of hydrogen-bond donors (Lipinski definition) is 1. The van der Waals surface area contributed by atoms with E-state index in [1.807, 2.05) is 17.4 Å². The number of carboxylic acid groups (broad SMARTS) is 1. The van der Waals surface area contributed by atoms with Crippen molar-refractivity contribution in [3.05, 3.63) is 101 Å². The fourth-order valence-corrected chi connectivity index (χ4v) is 12.4. The number of aliphatic carboxylic acids is 1. The third kappa shape index (κ3) is 4.44. The second-order valence-corrected chi connectivity index (χ2v) is 16.5. The number of fused-ring (bicyclic) bond motifs is 8. The van der Waals surface area contributed by atoms with Gasteiger partial charge in [0.15, 0.2) is 0 Å². The van der Waals surface area contributed by atoms with Crippen LogP contribution < -0.4 is 4.90 Å². The number of benzene rings is 2. The van der Waals surface area contributed by atoms with Gasteiger partial charge in [-0.2, -0.15) is 5.26 Å². The fourth-order valence-electron chi connectivity index (χ4n) is 7.88. The van der Waals surface area contributed by atoms with Gasteiger partial charge in [0.2, 0.25) is 0 Å². The number of hydrogen-bond acceptors (Lipinski definition) is 7. The van der Waals surface area contributed by atoms with Crippen LogP contribution in [0.3, 0.4) is 0 Å². The molecule has 1 N–H and O–H groups in total. The van der Waals surface area contributed by atoms with Crippen LogP contribution in [0.4, 0.5) is 11.4 Å². The molecule has 4 unspecified atom stereocenters. The number of para-hydroxylation sites is 1. The Balaban J connectivity index is 0.948. The highest BCUT2D eigenvalue weighted by Crippen LogP contribution is 2.62. The van der Waals surface area contributed by atoms with Crippen LogP contribution in [0, 0.1) is 23.2 Å². The van der Waals surface area contributed by atoms with Gasteiger partial charge in [-0.25, -0.2) is 4.79 Å². The number of anilines is 2. The van der Waals surface area contributed by atoms with Crippen LogP contribution in [-0.4, -0.2) is 17.1 Å². The van der Waals surface area contributed by atoms with E-state index in [9.17, 15) is 4.79 Å². The van der Waals surface area contributed by atoms with Crippen molar-refractivity contribution in [2.24, 2.45) is 11.8 Å². The quantitative estimate of drug-likeness (QED) is 0.143. The normalized spacial score (nSPS) is 21.8. The van der Waals surface area contributed by atoms with Gasteiger partial charge in [-0.05, 0) is 103 Å². The molecule has 0 radical (unpaired) electrons. The highest BCUT2D eigenvalue weighted by molar-refractivity contribution is 7.32. The third-order valence-corrected chi connectivity index (χ3v) is 14.6. The highest BCUT2D eigenvalue weighted by Gasteiger charge is 2.55. The molecule has 0 amide bonds. The third-order valence-electron chi connectivity index (χ3n) is 9.72. The lowest BCUT2D eigenvalue weighted by Gasteiger charge is -2.33. The molecule has 8 heteroatoms. The van der Waals surface area contributed by atoms with Gasteiger partial charge in [-0.1, -0.05) is 30.3 Å². The monoisotopic (exact) mass is 658 g/mol. The van der Waals surface area contributed by atoms with Crippen LogP contribution in [0.15, 0.2) is 90.5 Å². The Labute approximate surface area is 276 Å². The van der Waals surface area contributed by atoms with E-state index < -0.39 is 5.97 Å². The average molecular weight is 659 g/mol. The topological polar surface area (TPSA) is 64.3 Å². The van der Waals surface area contributed by atoms with E-state index in [1.54, 1.807) is 34.3 Å². The van der Waals surface area contributed by atoms with Gasteiger partial charge in [-0.3, -0.25) is 0 Å². The van der Waals surface area contributed by atoms with Crippen molar-refractivity contribution in [1.29, 1.82) is 5.26 Å². The van der Waals surface area contributed by atoms with Crippen molar-refractivity contribution in [1.82, 2.24) is 0 Å². The first-order chi connectivity index (χ1) is 22.0. The molecule has 0 spiro atoms. The molecule has 4 aromatic heterocycles. The molecular weight excluding hydrogens is 633 g/mol. The van der Waals surface area contributed by atoms with E-state index in [1.165, 1.54) is 78.0 Å². The lowest BCUT2D eigenvalue weighted by atomic mass is 9.82. The number of rotatable bonds is 6. The smallest absolute Gasteiger partial charge is 0.346 e. The Hall–Kier alpha value is -4.00. The van der Waals surface area contributed by atoms with Crippen LogP contribution in [0.1, 0.15) is 35.6 Å². The minimum absolute atomic E-state index is 0.246. The zero-order chi connectivity index (χ0) is 30.2. The summed E-state index contributed by atoms with van der Waals surface area (Å²) >= 11 is 6.86. The molecule has 9 rings (SSSR count). The van der Waals surface area contributed by atoms with Gasteiger partial charge in [-0.15, -0.1) is 45.3 Å². The van der Waals surface area contributed by atoms with Gasteiger partial charge in [0.05, 0.1) is 0 Å². The van der Waals surface area contributed by atoms with Crippen molar-refractivity contribution >= 4 is 78.2 Å². The van der Waals surface area contributed by atoms with Gasteiger partial charge in [0, 0.05) is 62.0 Å². The predicted molar refractivity (Wildman–Crippen MR) is 189 cm³/mol. The van der Waals surface area contributed by atoms with E-state index in [4.69, 9.17) is 10.4 Å². The Bertz CT molecular complexity index is 2160. The summed E-state index contributed by atoms with van der Waals surface area (Å²) in [6.45, 7) is 0. The summed E-state index contributed by atoms with van der Waals surface area (Å²) in [4.78, 5) is 20.9. The molecule has 2 fully saturated rings. The molecule has 5 heterocycles. The summed E-state index contributed by atoms with van der Waals surface area (Å²) in [7, 11) is 0. The minimum Gasteiger partial charge on any atom is -0.477 e. The van der Waals surface area contributed by atoms with Crippen LogP contribution in [0.25, 0.3) is 45.4 Å². The molecule has 2 aromatic carbocycles. The van der Waals surface area contributed by atoms with Crippen molar-refractivity contribution in [2.75, 3.05) is 4.90 Å². The van der Waals surface area contributed by atoms with Crippen molar-refractivity contribution in [3.63, 3.8) is 0 Å². The summed E-state index contributed by atoms with van der Waals surface area (Å²) in [6.07, 6.45) is 5.61. The van der Waals surface area contributed by atoms with Crippen molar-refractivity contribution in [2.45, 2.75) is 31.2 Å². The maximum atomic E-state index is 11.2. The lowest BCUT2D eigenvalue weighted by Crippen LogP contribution is -2.35. The summed E-state index contributed by atoms with van der Waals surface area (Å²) in [6, 6.07) is 33.8. The Morgan fingerprint density at radius 2 is 1.49 bits per heavy atom. The van der Waals surface area contributed by atoms with E-state index >= 15 is 0 Å². The largest absolute Gasteiger partial charge is 0.477 e. The maximum absolute atomic E-state index is 11.2. The first-order valence-electron chi connectivity index (χ1n) is 15.1. The molecule has 2 bridgehead atoms. The highest BCUT2D eigenvalue weighted by atomic mass is 32.1. The molecule has 2 saturated carbocycles. The standard InChI is InChI=1S/C37H26N2O2S4/c38-19-23(37(40)41)16-25-17-32-34(42-25)18-33(45-32)31-14-13-30(44-31)29-12-11-28(43-29)20-7-9-24(10-8-20)39-27-4-2-1-3-26(27)35-21-5-6-22(15-21)36(35)39/h1-4,7-14,16-18,21-22,35-36H,5-6,15H2,(H,40,41)/b23-16+. The van der Waals surface area contributed by atoms with Crippen LogP contribution in [0.5, 0.6) is 0 Å². The van der Waals surface area contributed by atoms with Gasteiger partial charge in [0.25, 0.3) is 0 Å². The summed E-state index contributed by atoms with van der Waals surface area (Å²) in [5.41, 5.74) is 5.31. The van der Waals surface area contributed by atoms with Crippen LogP contribution >= 0.6 is 45.3 Å². The van der Waals surface area contributed by atoms with Gasteiger partial charge >= 0.3 is 5.97 Å². The SMILES string of the molecule is N#C/C(=C\c1cc2sc(-c3ccc(-c4ccc(-c5ccc(N6c7ccccc7C7C8CCC(C8)C76)cc5)s4)s3)cc2s1)C(=O)O. The number of carboxylic acids is 1. The molecule has 2 aliphatic carbocycles. The van der Waals surface area contributed by atoms with E-state index in [0.29, 0.717) is 12.0 Å². The van der Waals surface area contributed by atoms with E-state index in [0.717, 1.165) is 26.1 Å². The molecule has 220 valence electrons. The second kappa shape index (κ2) is 10.5. The molecule has 6 aromatic rings. The summed E-state index contributed by atoms with van der Waals surface area (Å²) in [5.74, 6) is 1.15. The zero-order valence-electron chi connectivity index (χ0n) is 24.0. The Morgan fingerprint density at radius 1 is 0.800 bits per heavy atom. The molecule has 4 atom stereocenters. The predicted octanol–water partition coefficient (Wildman–Crippen LogP) is 11.1. The molecule has 4 nitrogen and oxygen atoms in total. The van der Waals surface area contributed by atoms with Crippen molar-refractivity contribution < 1.29 is 9.90 Å². The second-order valence-electron chi connectivity index (χ2n) is 12.1. The van der Waals surface area contributed by atoms with Gasteiger partial charge in [0.1, 0.15) is 11.6 Å². The maximum Gasteiger partial charge on any atom is 0.346 e. The minimum atomic E-state index is -1.20. The number of nitriles is 1. The molecular formula is C37H26N2O2S4. The lowest BCUT2D eigenvalue weighted by molar-refractivity contribution is -0.132. The van der Waals surface area contributed by atoms with Crippen molar-refractivity contribution in [3.8, 4) is 36.0 Å². The zero-order valence-corrected chi connectivity index (χ0v) is 27.2. The first kappa shape index (κ1) is 27.3. The fraction of sp³-hybridized carbons (Fsp3) is 0.189. The van der Waals surface area contributed by atoms with Crippen LogP contribution in [-0.2, 0) is 4.79 Å². The Morgan fingerprint density at radius 3 is 2.24 bits per heavy atom. The molecule has 0 saturated heterocycles. The summed E-state index contributed by atoms with van der Waals surface area (Å²) < 4.78 is 2.21. The number of thiophene rings is 4. The van der Waals surface area contributed by atoms with Crippen LogP contribution in [0.2, 0.25) is 0 Å². The van der Waals surface area contributed by atoms with E-state index in [-0.39, 0.29) is 5.57 Å². The Kier molecular flexibility index (Phi) is 6.40. The number of carbonyl (C=O) groups is 1. The first-order valence-corrected chi connectivity index (χ1v) is 18.4. The number of nitrogens with zero attached hydrogens (tertiary/aromatic N) is 2. The molecule has 1 aliphatic heterocycles. The molecule has 3 aliphatic rings. The molecule has 45 heavy (non-hydrogen) atoms. The summed E-state index contributed by atoms with van der Waals surface area (Å²) in [5, 5.41) is 18.2. The van der Waals surface area contributed by atoms with E-state index in [2.05, 4.69) is 83.8 Å².